The number of fused-ring (bicyclic) bond motifs is 2. The number of ether oxygens (including phenoxy) is 2. The Balaban J connectivity index is 1.19. The molecule has 3 aliphatic rings. The van der Waals surface area contributed by atoms with E-state index < -0.39 is 0 Å². The van der Waals surface area contributed by atoms with Gasteiger partial charge in [-0.1, -0.05) is 18.2 Å². The van der Waals surface area contributed by atoms with Crippen molar-refractivity contribution in [1.29, 1.82) is 0 Å². The second-order valence-corrected chi connectivity index (χ2v) is 11.3. The van der Waals surface area contributed by atoms with Gasteiger partial charge < -0.3 is 24.7 Å². The van der Waals surface area contributed by atoms with Crippen LogP contribution >= 0.6 is 27.7 Å². The molecule has 2 fully saturated rings. The lowest BCUT2D eigenvalue weighted by Gasteiger charge is -2.36. The Labute approximate surface area is 215 Å². The molecule has 11 heteroatoms. The number of nitrogens with two attached hydrogens (primary N) is 1. The number of carbonyl (C=O) groups is 1. The number of piperidine rings is 1. The normalized spacial score (nSPS) is 18.3. The van der Waals surface area contributed by atoms with Gasteiger partial charge in [0.1, 0.15) is 6.33 Å². The molecule has 0 unspecified atom stereocenters. The minimum atomic E-state index is 0.228. The second-order valence-electron chi connectivity index (χ2n) is 9.40. The zero-order valence-electron chi connectivity index (χ0n) is 19.3. The van der Waals surface area contributed by atoms with Crippen LogP contribution in [0.2, 0.25) is 0 Å². The van der Waals surface area contributed by atoms with E-state index in [0.29, 0.717) is 23.2 Å². The lowest BCUT2D eigenvalue weighted by Crippen LogP contribution is -2.43. The van der Waals surface area contributed by atoms with Crippen LogP contribution < -0.4 is 15.2 Å². The maximum atomic E-state index is 12.6. The zero-order chi connectivity index (χ0) is 23.9. The molecule has 184 valence electrons. The molecule has 2 N–H and O–H groups in total. The van der Waals surface area contributed by atoms with E-state index >= 15 is 0 Å². The number of anilines is 1. The van der Waals surface area contributed by atoms with Crippen molar-refractivity contribution in [2.45, 2.75) is 55.1 Å². The Kier molecular flexibility index (Phi) is 6.21. The molecular formula is C24H27BrN6O3S. The van der Waals surface area contributed by atoms with Gasteiger partial charge in [-0.3, -0.25) is 4.79 Å². The number of nitrogens with zero attached hydrogens (tertiary/aromatic N) is 5. The minimum Gasteiger partial charge on any atom is -0.454 e. The Bertz CT molecular complexity index is 1270. The van der Waals surface area contributed by atoms with Crippen molar-refractivity contribution < 1.29 is 14.3 Å². The van der Waals surface area contributed by atoms with E-state index in [4.69, 9.17) is 20.2 Å². The Morgan fingerprint density at radius 2 is 1.91 bits per heavy atom. The van der Waals surface area contributed by atoms with Gasteiger partial charge in [0.2, 0.25) is 12.7 Å². The van der Waals surface area contributed by atoms with Crippen LogP contribution in [-0.4, -0.2) is 50.2 Å². The number of hydrogen-bond acceptors (Lipinski definition) is 8. The third kappa shape index (κ3) is 4.44. The summed E-state index contributed by atoms with van der Waals surface area (Å²) in [6, 6.07) is 3.88. The van der Waals surface area contributed by atoms with E-state index in [2.05, 4.69) is 35.4 Å². The van der Waals surface area contributed by atoms with Crippen LogP contribution in [0.1, 0.15) is 38.5 Å². The number of imidazole rings is 1. The van der Waals surface area contributed by atoms with Crippen molar-refractivity contribution in [2.75, 3.05) is 25.6 Å². The molecule has 0 bridgehead atoms. The summed E-state index contributed by atoms with van der Waals surface area (Å²) in [6.45, 7) is 2.74. The summed E-state index contributed by atoms with van der Waals surface area (Å²) in [5.74, 6) is 3.04. The SMILES string of the molecule is Nc1ncnc2c1nc(Sc1cc3c(cc1Br)OCO3)n2CCC1CCN(C(=O)C2CCC2)CC1. The van der Waals surface area contributed by atoms with Crippen LogP contribution in [0.3, 0.4) is 0 Å². The highest BCUT2D eigenvalue weighted by molar-refractivity contribution is 9.10. The van der Waals surface area contributed by atoms with Crippen molar-refractivity contribution in [3.63, 3.8) is 0 Å². The first-order chi connectivity index (χ1) is 17.1. The van der Waals surface area contributed by atoms with Gasteiger partial charge in [0.25, 0.3) is 0 Å². The fourth-order valence-corrected chi connectivity index (χ4v) is 6.46. The number of likely N-dealkylation sites (tertiary alicyclic amines) is 1. The van der Waals surface area contributed by atoms with Crippen LogP contribution in [0.25, 0.3) is 11.2 Å². The molecule has 0 atom stereocenters. The molecule has 35 heavy (non-hydrogen) atoms. The monoisotopic (exact) mass is 558 g/mol. The summed E-state index contributed by atoms with van der Waals surface area (Å²) < 4.78 is 14.1. The van der Waals surface area contributed by atoms with Crippen LogP contribution in [0.5, 0.6) is 11.5 Å². The van der Waals surface area contributed by atoms with E-state index in [9.17, 15) is 4.79 Å². The molecule has 1 saturated heterocycles. The maximum absolute atomic E-state index is 12.6. The minimum absolute atomic E-state index is 0.228. The third-order valence-corrected chi connectivity index (χ3v) is 9.27. The molecule has 1 aliphatic carbocycles. The number of benzene rings is 1. The first-order valence-corrected chi connectivity index (χ1v) is 13.7. The molecule has 3 aromatic rings. The number of amides is 1. The maximum Gasteiger partial charge on any atom is 0.231 e. The van der Waals surface area contributed by atoms with Crippen molar-refractivity contribution in [1.82, 2.24) is 24.4 Å². The molecule has 1 saturated carbocycles. The smallest absolute Gasteiger partial charge is 0.231 e. The molecule has 9 nitrogen and oxygen atoms in total. The zero-order valence-corrected chi connectivity index (χ0v) is 21.7. The van der Waals surface area contributed by atoms with E-state index in [1.807, 2.05) is 12.1 Å². The highest BCUT2D eigenvalue weighted by Crippen LogP contribution is 2.43. The summed E-state index contributed by atoms with van der Waals surface area (Å²) in [7, 11) is 0. The van der Waals surface area contributed by atoms with Crippen LogP contribution in [0, 0.1) is 11.8 Å². The Hall–Kier alpha value is -2.53. The molecule has 0 radical (unpaired) electrons. The number of rotatable bonds is 6. The molecule has 2 aromatic heterocycles. The van der Waals surface area contributed by atoms with Gasteiger partial charge in [0.15, 0.2) is 33.6 Å². The lowest BCUT2D eigenvalue weighted by atomic mass is 9.83. The molecule has 2 aliphatic heterocycles. The van der Waals surface area contributed by atoms with Crippen LogP contribution in [0.15, 0.2) is 33.0 Å². The predicted octanol–water partition coefficient (Wildman–Crippen LogP) is 4.48. The summed E-state index contributed by atoms with van der Waals surface area (Å²) in [5, 5.41) is 0.810. The fraction of sp³-hybridized carbons (Fsp3) is 0.500. The van der Waals surface area contributed by atoms with Gasteiger partial charge in [-0.2, -0.15) is 0 Å². The van der Waals surface area contributed by atoms with Crippen molar-refractivity contribution in [3.8, 4) is 11.5 Å². The molecular weight excluding hydrogens is 532 g/mol. The van der Waals surface area contributed by atoms with Gasteiger partial charge in [0, 0.05) is 34.9 Å². The average Bonchev–Trinajstić information content (AvgIpc) is 3.41. The molecule has 4 heterocycles. The molecule has 0 spiro atoms. The Morgan fingerprint density at radius 1 is 1.14 bits per heavy atom. The molecule has 1 amide bonds. The van der Waals surface area contributed by atoms with E-state index in [1.165, 1.54) is 24.5 Å². The van der Waals surface area contributed by atoms with Crippen LogP contribution in [0.4, 0.5) is 5.82 Å². The molecule has 6 rings (SSSR count). The second kappa shape index (κ2) is 9.50. The van der Waals surface area contributed by atoms with Crippen molar-refractivity contribution in [3.05, 3.63) is 22.9 Å². The van der Waals surface area contributed by atoms with Crippen LogP contribution in [-0.2, 0) is 11.3 Å². The van der Waals surface area contributed by atoms with E-state index in [0.717, 1.165) is 83.4 Å². The van der Waals surface area contributed by atoms with Gasteiger partial charge in [0.05, 0.1) is 0 Å². The number of hydrogen-bond donors (Lipinski definition) is 1. The first-order valence-electron chi connectivity index (χ1n) is 12.1. The predicted molar refractivity (Wildman–Crippen MR) is 135 cm³/mol. The quantitative estimate of drug-likeness (QED) is 0.471. The number of halogens is 1. The lowest BCUT2D eigenvalue weighted by molar-refractivity contribution is -0.139. The Morgan fingerprint density at radius 3 is 2.66 bits per heavy atom. The van der Waals surface area contributed by atoms with E-state index in [1.54, 1.807) is 0 Å². The number of aryl methyl sites for hydroxylation is 1. The van der Waals surface area contributed by atoms with E-state index in [-0.39, 0.29) is 12.7 Å². The molecule has 1 aromatic carbocycles. The summed E-state index contributed by atoms with van der Waals surface area (Å²) in [6.07, 6.45) is 7.90. The topological polar surface area (TPSA) is 108 Å². The third-order valence-electron chi connectivity index (χ3n) is 7.30. The number of aromatic nitrogens is 4. The summed E-state index contributed by atoms with van der Waals surface area (Å²) >= 11 is 5.19. The highest BCUT2D eigenvalue weighted by Gasteiger charge is 2.31. The fourth-order valence-electron chi connectivity index (χ4n) is 4.96. The highest BCUT2D eigenvalue weighted by atomic mass is 79.9. The van der Waals surface area contributed by atoms with Gasteiger partial charge in [-0.05, 0) is 66.1 Å². The largest absolute Gasteiger partial charge is 0.454 e. The van der Waals surface area contributed by atoms with Gasteiger partial charge in [-0.25, -0.2) is 15.0 Å². The van der Waals surface area contributed by atoms with Crippen molar-refractivity contribution in [2.24, 2.45) is 11.8 Å². The standard InChI is InChI=1S/C24H27BrN6O3S/c25-16-10-17-18(34-13-33-17)11-19(16)35-24-29-20-21(26)27-12-28-22(20)31(24)9-6-14-4-7-30(8-5-14)23(32)15-2-1-3-15/h10-12,14-15H,1-9,13H2,(H2,26,27,28). The van der Waals surface area contributed by atoms with Gasteiger partial charge >= 0.3 is 0 Å². The summed E-state index contributed by atoms with van der Waals surface area (Å²) in [5.41, 5.74) is 7.50. The van der Waals surface area contributed by atoms with Crippen molar-refractivity contribution >= 4 is 50.6 Å². The first kappa shape index (κ1) is 22.9. The number of carbonyl (C=O) groups excluding carboxylic acids is 1. The van der Waals surface area contributed by atoms with Gasteiger partial charge in [-0.15, -0.1) is 0 Å². The number of nitrogen functional groups attached to an aromatic ring is 1. The summed E-state index contributed by atoms with van der Waals surface area (Å²) in [4.78, 5) is 29.1. The average molecular weight is 559 g/mol.